The van der Waals surface area contributed by atoms with Gasteiger partial charge in [0.15, 0.2) is 0 Å². The molecule has 1 saturated heterocycles. The van der Waals surface area contributed by atoms with Gasteiger partial charge in [-0.15, -0.1) is 0 Å². The van der Waals surface area contributed by atoms with Crippen LogP contribution >= 0.6 is 0 Å². The molecular formula is C13H22N2O. The molecule has 2 N–H and O–H groups in total. The normalized spacial score (nSPS) is 33.3. The van der Waals surface area contributed by atoms with Crippen molar-refractivity contribution in [1.82, 2.24) is 4.90 Å². The number of nitrogens with two attached hydrogens (primary N) is 1. The second kappa shape index (κ2) is 3.73. The molecule has 16 heavy (non-hydrogen) atoms. The minimum Gasteiger partial charge on any atom is -0.342 e. The first-order valence-corrected chi connectivity index (χ1v) is 6.76. The van der Waals surface area contributed by atoms with Crippen molar-refractivity contribution >= 4 is 5.91 Å². The fourth-order valence-corrected chi connectivity index (χ4v) is 3.55. The molecule has 90 valence electrons. The lowest BCUT2D eigenvalue weighted by atomic mass is 9.74. The molecule has 3 nitrogen and oxygen atoms in total. The van der Waals surface area contributed by atoms with Gasteiger partial charge in [0.25, 0.3) is 0 Å². The minimum absolute atomic E-state index is 0.381. The summed E-state index contributed by atoms with van der Waals surface area (Å²) in [6.45, 7) is 1.92. The van der Waals surface area contributed by atoms with E-state index in [9.17, 15) is 4.79 Å². The molecule has 1 aliphatic heterocycles. The van der Waals surface area contributed by atoms with Gasteiger partial charge >= 0.3 is 0 Å². The zero-order valence-corrected chi connectivity index (χ0v) is 9.95. The van der Waals surface area contributed by atoms with Crippen LogP contribution in [0.2, 0.25) is 0 Å². The van der Waals surface area contributed by atoms with E-state index in [-0.39, 0.29) is 0 Å². The fourth-order valence-electron chi connectivity index (χ4n) is 3.55. The van der Waals surface area contributed by atoms with Crippen molar-refractivity contribution in [3.63, 3.8) is 0 Å². The maximum Gasteiger partial charge on any atom is 0.225 e. The van der Waals surface area contributed by atoms with Crippen LogP contribution in [0.15, 0.2) is 0 Å². The molecule has 3 fully saturated rings. The average Bonchev–Trinajstić information content (AvgIpc) is 3.08. The van der Waals surface area contributed by atoms with Crippen molar-refractivity contribution in [2.75, 3.05) is 13.1 Å². The van der Waals surface area contributed by atoms with Gasteiger partial charge < -0.3 is 10.6 Å². The van der Waals surface area contributed by atoms with Crippen LogP contribution in [0.25, 0.3) is 0 Å². The van der Waals surface area contributed by atoms with Crippen molar-refractivity contribution in [3.05, 3.63) is 0 Å². The van der Waals surface area contributed by atoms with E-state index in [4.69, 9.17) is 5.73 Å². The first-order chi connectivity index (χ1) is 7.71. The van der Waals surface area contributed by atoms with Crippen molar-refractivity contribution in [2.24, 2.45) is 17.1 Å². The zero-order chi connectivity index (χ0) is 11.2. The molecule has 0 radical (unpaired) electrons. The summed E-state index contributed by atoms with van der Waals surface area (Å²) in [4.78, 5) is 14.0. The van der Waals surface area contributed by atoms with Crippen LogP contribution in [-0.4, -0.2) is 29.9 Å². The second-order valence-electron chi connectivity index (χ2n) is 5.96. The lowest BCUT2D eigenvalue weighted by Crippen LogP contribution is -2.48. The summed E-state index contributed by atoms with van der Waals surface area (Å²) in [7, 11) is 0. The quantitative estimate of drug-likeness (QED) is 0.731. The Morgan fingerprint density at radius 3 is 2.31 bits per heavy atom. The summed E-state index contributed by atoms with van der Waals surface area (Å²) in [5, 5.41) is 0. The van der Waals surface area contributed by atoms with Gasteiger partial charge in [-0.1, -0.05) is 6.42 Å². The van der Waals surface area contributed by atoms with Gasteiger partial charge in [-0.2, -0.15) is 0 Å². The first kappa shape index (κ1) is 10.6. The highest BCUT2D eigenvalue weighted by atomic mass is 16.2. The van der Waals surface area contributed by atoms with E-state index < -0.39 is 0 Å². The van der Waals surface area contributed by atoms with Crippen LogP contribution in [0.4, 0.5) is 0 Å². The molecule has 0 aromatic carbocycles. The third kappa shape index (κ3) is 1.65. The maximum atomic E-state index is 11.9. The van der Waals surface area contributed by atoms with Crippen LogP contribution in [-0.2, 0) is 4.79 Å². The molecule has 3 rings (SSSR count). The predicted octanol–water partition coefficient (Wildman–Crippen LogP) is 1.52. The third-order valence-electron chi connectivity index (χ3n) is 4.97. The topological polar surface area (TPSA) is 46.3 Å². The van der Waals surface area contributed by atoms with Gasteiger partial charge in [0, 0.05) is 25.0 Å². The van der Waals surface area contributed by atoms with E-state index in [0.717, 1.165) is 38.8 Å². The Morgan fingerprint density at radius 2 is 1.81 bits per heavy atom. The number of rotatable bonds is 1. The molecule has 3 aliphatic rings. The second-order valence-corrected chi connectivity index (χ2v) is 5.96. The SMILES string of the molecule is NC1CCCC12CCN(C(=O)C1CC1)CC2. The predicted molar refractivity (Wildman–Crippen MR) is 62.8 cm³/mol. The van der Waals surface area contributed by atoms with E-state index in [1.165, 1.54) is 19.3 Å². The molecular weight excluding hydrogens is 200 g/mol. The lowest BCUT2D eigenvalue weighted by molar-refractivity contribution is -0.135. The molecule has 3 heteroatoms. The smallest absolute Gasteiger partial charge is 0.225 e. The fraction of sp³-hybridized carbons (Fsp3) is 0.923. The standard InChI is InChI=1S/C13H22N2O/c14-11-2-1-5-13(11)6-8-15(9-7-13)12(16)10-3-4-10/h10-11H,1-9,14H2. The number of nitrogens with zero attached hydrogens (tertiary/aromatic N) is 1. The van der Waals surface area contributed by atoms with Crippen LogP contribution in [0, 0.1) is 11.3 Å². The zero-order valence-electron chi connectivity index (χ0n) is 9.95. The van der Waals surface area contributed by atoms with E-state index in [0.29, 0.717) is 23.3 Å². The maximum absolute atomic E-state index is 11.9. The summed E-state index contributed by atoms with van der Waals surface area (Å²) in [5.74, 6) is 0.799. The number of hydrogen-bond donors (Lipinski definition) is 1. The van der Waals surface area contributed by atoms with Crippen molar-refractivity contribution in [2.45, 2.75) is 51.0 Å². The number of piperidine rings is 1. The molecule has 0 aromatic rings. The molecule has 0 aromatic heterocycles. The van der Waals surface area contributed by atoms with E-state index >= 15 is 0 Å². The highest BCUT2D eigenvalue weighted by Gasteiger charge is 2.44. The Labute approximate surface area is 97.4 Å². The van der Waals surface area contributed by atoms with Crippen molar-refractivity contribution in [3.8, 4) is 0 Å². The molecule has 0 bridgehead atoms. The summed E-state index contributed by atoms with van der Waals surface area (Å²) in [5.41, 5.74) is 6.62. The molecule has 2 aliphatic carbocycles. The Hall–Kier alpha value is -0.570. The van der Waals surface area contributed by atoms with Crippen LogP contribution in [0.5, 0.6) is 0 Å². The Balaban J connectivity index is 1.60. The van der Waals surface area contributed by atoms with Crippen LogP contribution < -0.4 is 5.73 Å². The van der Waals surface area contributed by atoms with Gasteiger partial charge in [0.05, 0.1) is 0 Å². The Kier molecular flexibility index (Phi) is 2.46. The highest BCUT2D eigenvalue weighted by Crippen LogP contribution is 2.46. The lowest BCUT2D eigenvalue weighted by Gasteiger charge is -2.42. The summed E-state index contributed by atoms with van der Waals surface area (Å²) >= 11 is 0. The Morgan fingerprint density at radius 1 is 1.12 bits per heavy atom. The number of carbonyl (C=O) groups excluding carboxylic acids is 1. The molecule has 1 unspecified atom stereocenters. The number of amides is 1. The van der Waals surface area contributed by atoms with Gasteiger partial charge in [-0.05, 0) is 43.9 Å². The van der Waals surface area contributed by atoms with Crippen LogP contribution in [0.1, 0.15) is 44.9 Å². The van der Waals surface area contributed by atoms with Gasteiger partial charge in [0.2, 0.25) is 5.91 Å². The number of carbonyl (C=O) groups is 1. The monoisotopic (exact) mass is 222 g/mol. The molecule has 1 spiro atoms. The number of likely N-dealkylation sites (tertiary alicyclic amines) is 1. The molecule has 1 atom stereocenters. The van der Waals surface area contributed by atoms with E-state index in [2.05, 4.69) is 4.90 Å². The van der Waals surface area contributed by atoms with Crippen molar-refractivity contribution in [1.29, 1.82) is 0 Å². The van der Waals surface area contributed by atoms with Crippen molar-refractivity contribution < 1.29 is 4.79 Å². The largest absolute Gasteiger partial charge is 0.342 e. The average molecular weight is 222 g/mol. The minimum atomic E-state index is 0.381. The van der Waals surface area contributed by atoms with E-state index in [1.807, 2.05) is 0 Å². The first-order valence-electron chi connectivity index (χ1n) is 6.76. The highest BCUT2D eigenvalue weighted by molar-refractivity contribution is 5.81. The Bertz CT molecular complexity index is 290. The molecule has 1 heterocycles. The third-order valence-corrected chi connectivity index (χ3v) is 4.97. The summed E-state index contributed by atoms with van der Waals surface area (Å²) < 4.78 is 0. The summed E-state index contributed by atoms with van der Waals surface area (Å²) in [6, 6.07) is 0.394. The van der Waals surface area contributed by atoms with Gasteiger partial charge in [-0.25, -0.2) is 0 Å². The molecule has 2 saturated carbocycles. The summed E-state index contributed by atoms with van der Waals surface area (Å²) in [6.07, 6.45) is 8.31. The van der Waals surface area contributed by atoms with E-state index in [1.54, 1.807) is 0 Å². The number of hydrogen-bond acceptors (Lipinski definition) is 2. The van der Waals surface area contributed by atoms with Crippen LogP contribution in [0.3, 0.4) is 0 Å². The molecule has 1 amide bonds. The van der Waals surface area contributed by atoms with Gasteiger partial charge in [0.1, 0.15) is 0 Å². The van der Waals surface area contributed by atoms with Gasteiger partial charge in [-0.3, -0.25) is 4.79 Å².